The molecule has 3 aromatic rings. The zero-order valence-corrected chi connectivity index (χ0v) is 17.7. The normalized spacial score (nSPS) is 11.5. The molecule has 0 spiro atoms. The maximum absolute atomic E-state index is 12.3. The van der Waals surface area contributed by atoms with Crippen LogP contribution < -0.4 is 16.0 Å². The first kappa shape index (κ1) is 22.7. The van der Waals surface area contributed by atoms with Crippen molar-refractivity contribution in [1.82, 2.24) is 15.6 Å². The summed E-state index contributed by atoms with van der Waals surface area (Å²) in [6.45, 7) is 3.24. The van der Waals surface area contributed by atoms with E-state index in [1.807, 2.05) is 13.0 Å². The second-order valence-corrected chi connectivity index (χ2v) is 7.20. The van der Waals surface area contributed by atoms with Crippen molar-refractivity contribution in [1.29, 1.82) is 0 Å². The van der Waals surface area contributed by atoms with Gasteiger partial charge in [-0.3, -0.25) is 14.4 Å². The summed E-state index contributed by atoms with van der Waals surface area (Å²) in [6, 6.07) is 15.3. The molecule has 0 aliphatic heterocycles. The number of carbonyl (C=O) groups is 3. The summed E-state index contributed by atoms with van der Waals surface area (Å²) >= 11 is 0. The molecule has 0 radical (unpaired) electrons. The standard InChI is InChI=1S/C23H24N4O5/c1-14-4-3-5-18(26-14)22(30)27-17-8-6-16(7-9-17)19-10-11-20(32-19)23(31)25-13-21(29)24-12-15(2)28/h3-11,15,28H,12-13H2,1-2H3,(H,24,29)(H,25,31)(H,27,30). The van der Waals surface area contributed by atoms with Gasteiger partial charge in [-0.25, -0.2) is 4.98 Å². The Balaban J connectivity index is 1.57. The van der Waals surface area contributed by atoms with Crippen LogP contribution in [-0.4, -0.2) is 47.0 Å². The summed E-state index contributed by atoms with van der Waals surface area (Å²) in [5.41, 5.74) is 2.39. The molecule has 166 valence electrons. The van der Waals surface area contributed by atoms with Gasteiger partial charge in [0.1, 0.15) is 11.5 Å². The van der Waals surface area contributed by atoms with Crippen LogP contribution in [0.2, 0.25) is 0 Å². The number of rotatable bonds is 8. The summed E-state index contributed by atoms with van der Waals surface area (Å²) in [4.78, 5) is 40.3. The predicted octanol–water partition coefficient (Wildman–Crippen LogP) is 2.13. The average Bonchev–Trinajstić information content (AvgIpc) is 3.27. The number of carbonyl (C=O) groups excluding carboxylic acids is 3. The van der Waals surface area contributed by atoms with E-state index in [2.05, 4.69) is 20.9 Å². The second-order valence-electron chi connectivity index (χ2n) is 7.20. The van der Waals surface area contributed by atoms with Crippen molar-refractivity contribution in [3.63, 3.8) is 0 Å². The molecule has 0 fully saturated rings. The summed E-state index contributed by atoms with van der Waals surface area (Å²) in [7, 11) is 0. The lowest BCUT2D eigenvalue weighted by molar-refractivity contribution is -0.120. The summed E-state index contributed by atoms with van der Waals surface area (Å²) in [5, 5.41) is 16.9. The van der Waals surface area contributed by atoms with Gasteiger partial charge in [0.25, 0.3) is 11.8 Å². The van der Waals surface area contributed by atoms with Crippen LogP contribution in [0.5, 0.6) is 0 Å². The number of hydrogen-bond donors (Lipinski definition) is 4. The van der Waals surface area contributed by atoms with E-state index in [-0.39, 0.29) is 24.8 Å². The lowest BCUT2D eigenvalue weighted by Crippen LogP contribution is -2.39. The molecule has 3 amide bonds. The number of aliphatic hydroxyl groups excluding tert-OH is 1. The smallest absolute Gasteiger partial charge is 0.287 e. The highest BCUT2D eigenvalue weighted by atomic mass is 16.4. The Morgan fingerprint density at radius 3 is 2.44 bits per heavy atom. The highest BCUT2D eigenvalue weighted by molar-refractivity contribution is 6.03. The van der Waals surface area contributed by atoms with E-state index in [9.17, 15) is 14.4 Å². The van der Waals surface area contributed by atoms with Crippen molar-refractivity contribution in [2.75, 3.05) is 18.4 Å². The average molecular weight is 436 g/mol. The number of benzene rings is 1. The van der Waals surface area contributed by atoms with E-state index in [0.29, 0.717) is 22.7 Å². The first-order valence-electron chi connectivity index (χ1n) is 10.00. The molecule has 2 heterocycles. The highest BCUT2D eigenvalue weighted by Gasteiger charge is 2.14. The molecule has 2 aromatic heterocycles. The Labute approximate surface area is 184 Å². The highest BCUT2D eigenvalue weighted by Crippen LogP contribution is 2.24. The molecule has 0 bridgehead atoms. The third-order valence-corrected chi connectivity index (χ3v) is 4.38. The topological polar surface area (TPSA) is 134 Å². The van der Waals surface area contributed by atoms with E-state index in [0.717, 1.165) is 5.69 Å². The molecule has 0 saturated carbocycles. The number of furan rings is 1. The molecule has 32 heavy (non-hydrogen) atoms. The molecular formula is C23H24N4O5. The van der Waals surface area contributed by atoms with E-state index in [4.69, 9.17) is 9.52 Å². The summed E-state index contributed by atoms with van der Waals surface area (Å²) in [5.74, 6) is -0.725. The van der Waals surface area contributed by atoms with Gasteiger partial charge in [0.05, 0.1) is 12.6 Å². The molecule has 0 aliphatic carbocycles. The lowest BCUT2D eigenvalue weighted by Gasteiger charge is -2.07. The molecule has 9 nitrogen and oxygen atoms in total. The van der Waals surface area contributed by atoms with Gasteiger partial charge in [-0.15, -0.1) is 0 Å². The third-order valence-electron chi connectivity index (χ3n) is 4.38. The van der Waals surface area contributed by atoms with Crippen LogP contribution in [-0.2, 0) is 4.79 Å². The van der Waals surface area contributed by atoms with Crippen molar-refractivity contribution >= 4 is 23.4 Å². The van der Waals surface area contributed by atoms with Crippen LogP contribution in [0.25, 0.3) is 11.3 Å². The van der Waals surface area contributed by atoms with Crippen LogP contribution >= 0.6 is 0 Å². The number of aryl methyl sites for hydroxylation is 1. The largest absolute Gasteiger partial charge is 0.451 e. The third kappa shape index (κ3) is 6.26. The molecule has 3 rings (SSSR count). The minimum Gasteiger partial charge on any atom is -0.451 e. The number of anilines is 1. The first-order valence-corrected chi connectivity index (χ1v) is 10.00. The Bertz CT molecular complexity index is 1110. The molecule has 0 aliphatic rings. The van der Waals surface area contributed by atoms with Gasteiger partial charge >= 0.3 is 0 Å². The minimum atomic E-state index is -0.666. The van der Waals surface area contributed by atoms with E-state index >= 15 is 0 Å². The van der Waals surface area contributed by atoms with E-state index in [1.165, 1.54) is 6.07 Å². The van der Waals surface area contributed by atoms with Crippen molar-refractivity contribution in [3.05, 3.63) is 71.7 Å². The van der Waals surface area contributed by atoms with E-state index in [1.54, 1.807) is 49.4 Å². The molecule has 1 aromatic carbocycles. The SMILES string of the molecule is Cc1cccc(C(=O)Nc2ccc(-c3ccc(C(=O)NCC(=O)NCC(C)O)o3)cc2)n1. The van der Waals surface area contributed by atoms with Crippen molar-refractivity contribution in [2.45, 2.75) is 20.0 Å². The van der Waals surface area contributed by atoms with Gasteiger partial charge in [0.2, 0.25) is 5.91 Å². The van der Waals surface area contributed by atoms with Gasteiger partial charge in [0.15, 0.2) is 5.76 Å². The second kappa shape index (κ2) is 10.4. The van der Waals surface area contributed by atoms with Crippen molar-refractivity contribution in [2.24, 2.45) is 0 Å². The fraction of sp³-hybridized carbons (Fsp3) is 0.217. The molecule has 1 unspecified atom stereocenters. The zero-order chi connectivity index (χ0) is 23.1. The number of aliphatic hydroxyl groups is 1. The number of pyridine rings is 1. The summed E-state index contributed by atoms with van der Waals surface area (Å²) in [6.07, 6.45) is -0.666. The molecular weight excluding hydrogens is 412 g/mol. The Morgan fingerprint density at radius 1 is 1.00 bits per heavy atom. The van der Waals surface area contributed by atoms with Crippen LogP contribution in [0.3, 0.4) is 0 Å². The number of nitrogens with one attached hydrogen (secondary N) is 3. The van der Waals surface area contributed by atoms with Gasteiger partial charge < -0.3 is 25.5 Å². The minimum absolute atomic E-state index is 0.0613. The molecule has 1 atom stereocenters. The number of hydrogen-bond acceptors (Lipinski definition) is 6. The van der Waals surface area contributed by atoms with E-state index < -0.39 is 17.9 Å². The first-order chi connectivity index (χ1) is 15.3. The monoisotopic (exact) mass is 436 g/mol. The van der Waals surface area contributed by atoms with Gasteiger partial charge in [-0.1, -0.05) is 6.07 Å². The van der Waals surface area contributed by atoms with Crippen LogP contribution in [0.15, 0.2) is 59.0 Å². The van der Waals surface area contributed by atoms with Crippen LogP contribution in [0, 0.1) is 6.92 Å². The quantitative estimate of drug-likeness (QED) is 0.427. The zero-order valence-electron chi connectivity index (χ0n) is 17.7. The predicted molar refractivity (Wildman–Crippen MR) is 118 cm³/mol. The number of aromatic nitrogens is 1. The number of nitrogens with zero attached hydrogens (tertiary/aromatic N) is 1. The Kier molecular flexibility index (Phi) is 7.35. The lowest BCUT2D eigenvalue weighted by atomic mass is 10.1. The Morgan fingerprint density at radius 2 is 1.75 bits per heavy atom. The van der Waals surface area contributed by atoms with Crippen LogP contribution in [0.1, 0.15) is 33.7 Å². The van der Waals surface area contributed by atoms with Gasteiger partial charge in [-0.2, -0.15) is 0 Å². The summed E-state index contributed by atoms with van der Waals surface area (Å²) < 4.78 is 5.58. The Hall–Kier alpha value is -3.98. The van der Waals surface area contributed by atoms with Crippen LogP contribution in [0.4, 0.5) is 5.69 Å². The molecule has 0 saturated heterocycles. The van der Waals surface area contributed by atoms with Crippen molar-refractivity contribution < 1.29 is 23.9 Å². The number of amides is 3. The van der Waals surface area contributed by atoms with Gasteiger partial charge in [0, 0.05) is 23.5 Å². The van der Waals surface area contributed by atoms with Crippen molar-refractivity contribution in [3.8, 4) is 11.3 Å². The maximum atomic E-state index is 12.3. The fourth-order valence-corrected chi connectivity index (χ4v) is 2.77. The maximum Gasteiger partial charge on any atom is 0.287 e. The molecule has 4 N–H and O–H groups in total. The van der Waals surface area contributed by atoms with Gasteiger partial charge in [-0.05, 0) is 62.4 Å². The molecule has 9 heteroatoms. The fourth-order valence-electron chi connectivity index (χ4n) is 2.77.